The van der Waals surface area contributed by atoms with Crippen molar-refractivity contribution in [3.05, 3.63) is 48.3 Å². The summed E-state index contributed by atoms with van der Waals surface area (Å²) in [5, 5.41) is 4.38. The van der Waals surface area contributed by atoms with Crippen molar-refractivity contribution in [2.45, 2.75) is 31.2 Å². The number of para-hydroxylation sites is 1. The van der Waals surface area contributed by atoms with E-state index in [9.17, 15) is 0 Å². The number of hydrogen-bond acceptors (Lipinski definition) is 2. The third-order valence-electron chi connectivity index (χ3n) is 3.46. The molecule has 0 saturated heterocycles. The molecule has 1 aromatic heterocycles. The molecule has 1 saturated carbocycles. The Hall–Kier alpha value is -1.61. The first-order chi connectivity index (χ1) is 8.25. The minimum Gasteiger partial charge on any atom is -0.325 e. The number of benzene rings is 1. The Kier molecular flexibility index (Phi) is 2.48. The maximum atomic E-state index is 6.09. The van der Waals surface area contributed by atoms with Crippen molar-refractivity contribution in [3.8, 4) is 5.69 Å². The number of aromatic nitrogens is 2. The zero-order valence-electron chi connectivity index (χ0n) is 9.84. The summed E-state index contributed by atoms with van der Waals surface area (Å²) in [6.45, 7) is 0. The lowest BCUT2D eigenvalue weighted by atomic mass is 10.1. The molecule has 1 aromatic carbocycles. The normalized spacial score (nSPS) is 17.0. The molecule has 1 aliphatic carbocycles. The van der Waals surface area contributed by atoms with Crippen molar-refractivity contribution in [2.24, 2.45) is 5.73 Å². The van der Waals surface area contributed by atoms with Gasteiger partial charge in [-0.05, 0) is 43.4 Å². The van der Waals surface area contributed by atoms with Crippen LogP contribution < -0.4 is 5.73 Å². The molecule has 2 N–H and O–H groups in total. The second-order valence-electron chi connectivity index (χ2n) is 4.99. The van der Waals surface area contributed by atoms with Gasteiger partial charge in [0.2, 0.25) is 0 Å². The van der Waals surface area contributed by atoms with Gasteiger partial charge in [-0.3, -0.25) is 0 Å². The molecule has 0 aliphatic heterocycles. The van der Waals surface area contributed by atoms with Gasteiger partial charge in [-0.1, -0.05) is 18.2 Å². The summed E-state index contributed by atoms with van der Waals surface area (Å²) in [4.78, 5) is 0. The van der Waals surface area contributed by atoms with Gasteiger partial charge in [0, 0.05) is 11.7 Å². The highest BCUT2D eigenvalue weighted by atomic mass is 15.3. The molecule has 0 atom stereocenters. The Morgan fingerprint density at radius 3 is 2.71 bits per heavy atom. The van der Waals surface area contributed by atoms with E-state index >= 15 is 0 Å². The van der Waals surface area contributed by atoms with E-state index in [-0.39, 0.29) is 5.54 Å². The van der Waals surface area contributed by atoms with Gasteiger partial charge < -0.3 is 5.73 Å². The molecule has 17 heavy (non-hydrogen) atoms. The Morgan fingerprint density at radius 1 is 1.24 bits per heavy atom. The summed E-state index contributed by atoms with van der Waals surface area (Å²) >= 11 is 0. The minimum absolute atomic E-state index is 0.134. The van der Waals surface area contributed by atoms with Crippen LogP contribution in [-0.2, 0) is 6.42 Å². The summed E-state index contributed by atoms with van der Waals surface area (Å²) < 4.78 is 1.92. The van der Waals surface area contributed by atoms with E-state index < -0.39 is 0 Å². The molecule has 3 heteroatoms. The Labute approximate surface area is 101 Å². The van der Waals surface area contributed by atoms with Crippen LogP contribution in [0, 0.1) is 0 Å². The van der Waals surface area contributed by atoms with Gasteiger partial charge in [0.05, 0.1) is 11.9 Å². The largest absolute Gasteiger partial charge is 0.325 e. The topological polar surface area (TPSA) is 43.8 Å². The first kappa shape index (κ1) is 10.5. The van der Waals surface area contributed by atoms with Crippen LogP contribution in [0.15, 0.2) is 42.7 Å². The summed E-state index contributed by atoms with van der Waals surface area (Å²) in [6.07, 6.45) is 8.51. The predicted molar refractivity (Wildman–Crippen MR) is 68.0 cm³/mol. The summed E-state index contributed by atoms with van der Waals surface area (Å²) in [6, 6.07) is 10.2. The monoisotopic (exact) mass is 227 g/mol. The maximum absolute atomic E-state index is 6.09. The van der Waals surface area contributed by atoms with E-state index in [4.69, 9.17) is 5.73 Å². The second-order valence-corrected chi connectivity index (χ2v) is 4.99. The van der Waals surface area contributed by atoms with Crippen LogP contribution in [0.4, 0.5) is 0 Å². The van der Waals surface area contributed by atoms with Crippen molar-refractivity contribution < 1.29 is 0 Å². The summed E-state index contributed by atoms with van der Waals surface area (Å²) in [7, 11) is 0. The molecule has 0 amide bonds. The van der Waals surface area contributed by atoms with Gasteiger partial charge in [-0.2, -0.15) is 5.10 Å². The van der Waals surface area contributed by atoms with Crippen molar-refractivity contribution in [3.63, 3.8) is 0 Å². The fourth-order valence-electron chi connectivity index (χ4n) is 2.01. The molecule has 0 unspecified atom stereocenters. The van der Waals surface area contributed by atoms with E-state index in [1.54, 1.807) is 0 Å². The molecule has 1 heterocycles. The number of nitrogens with zero attached hydrogens (tertiary/aromatic N) is 2. The Bertz CT molecular complexity index is 497. The van der Waals surface area contributed by atoms with Crippen LogP contribution in [-0.4, -0.2) is 15.3 Å². The zero-order chi connectivity index (χ0) is 11.7. The Balaban J connectivity index is 1.70. The quantitative estimate of drug-likeness (QED) is 0.871. The van der Waals surface area contributed by atoms with Crippen LogP contribution >= 0.6 is 0 Å². The van der Waals surface area contributed by atoms with E-state index in [1.165, 1.54) is 18.4 Å². The standard InChI is InChI=1S/C14H17N3/c15-14(8-9-14)7-6-12-10-16-17(11-12)13-4-2-1-3-5-13/h1-5,10-11H,6-9,15H2. The van der Waals surface area contributed by atoms with E-state index in [0.717, 1.165) is 18.5 Å². The highest BCUT2D eigenvalue weighted by Gasteiger charge is 2.37. The van der Waals surface area contributed by atoms with Crippen molar-refractivity contribution >= 4 is 0 Å². The number of hydrogen-bond donors (Lipinski definition) is 1. The maximum Gasteiger partial charge on any atom is 0.0645 e. The lowest BCUT2D eigenvalue weighted by Crippen LogP contribution is -2.21. The van der Waals surface area contributed by atoms with Crippen molar-refractivity contribution in [1.82, 2.24) is 9.78 Å². The molecular weight excluding hydrogens is 210 g/mol. The van der Waals surface area contributed by atoms with E-state index in [0.29, 0.717) is 0 Å². The third-order valence-corrected chi connectivity index (χ3v) is 3.46. The SMILES string of the molecule is NC1(CCc2cnn(-c3ccccc3)c2)CC1. The van der Waals surface area contributed by atoms with Crippen LogP contribution in [0.25, 0.3) is 5.69 Å². The molecule has 0 radical (unpaired) electrons. The molecule has 3 nitrogen and oxygen atoms in total. The van der Waals surface area contributed by atoms with Gasteiger partial charge in [0.25, 0.3) is 0 Å². The second kappa shape index (κ2) is 4.00. The van der Waals surface area contributed by atoms with Gasteiger partial charge in [0.15, 0.2) is 0 Å². The van der Waals surface area contributed by atoms with E-state index in [2.05, 4.69) is 23.4 Å². The number of rotatable bonds is 4. The molecule has 3 rings (SSSR count). The minimum atomic E-state index is 0.134. The first-order valence-corrected chi connectivity index (χ1v) is 6.13. The van der Waals surface area contributed by atoms with Crippen molar-refractivity contribution in [2.75, 3.05) is 0 Å². The van der Waals surface area contributed by atoms with Crippen LogP contribution in [0.5, 0.6) is 0 Å². The van der Waals surface area contributed by atoms with Gasteiger partial charge in [0.1, 0.15) is 0 Å². The molecule has 2 aromatic rings. The average Bonchev–Trinajstić information content (AvgIpc) is 2.93. The smallest absolute Gasteiger partial charge is 0.0645 e. The van der Waals surface area contributed by atoms with E-state index in [1.807, 2.05) is 29.1 Å². The average molecular weight is 227 g/mol. The first-order valence-electron chi connectivity index (χ1n) is 6.13. The van der Waals surface area contributed by atoms with Crippen molar-refractivity contribution in [1.29, 1.82) is 0 Å². The van der Waals surface area contributed by atoms with Crippen LogP contribution in [0.2, 0.25) is 0 Å². The lowest BCUT2D eigenvalue weighted by molar-refractivity contribution is 0.609. The Morgan fingerprint density at radius 2 is 2.00 bits per heavy atom. The van der Waals surface area contributed by atoms with Crippen LogP contribution in [0.1, 0.15) is 24.8 Å². The molecular formula is C14H17N3. The fraction of sp³-hybridized carbons (Fsp3) is 0.357. The number of nitrogens with two attached hydrogens (primary N) is 1. The predicted octanol–water partition coefficient (Wildman–Crippen LogP) is 2.30. The zero-order valence-corrected chi connectivity index (χ0v) is 9.84. The summed E-state index contributed by atoms with van der Waals surface area (Å²) in [5.41, 5.74) is 8.59. The van der Waals surface area contributed by atoms with Gasteiger partial charge in [-0.15, -0.1) is 0 Å². The van der Waals surface area contributed by atoms with Gasteiger partial charge >= 0.3 is 0 Å². The lowest BCUT2D eigenvalue weighted by Gasteiger charge is -2.05. The molecule has 1 fully saturated rings. The van der Waals surface area contributed by atoms with Crippen LogP contribution in [0.3, 0.4) is 0 Å². The highest BCUT2D eigenvalue weighted by molar-refractivity contribution is 5.31. The third kappa shape index (κ3) is 2.39. The van der Waals surface area contributed by atoms with Gasteiger partial charge in [-0.25, -0.2) is 4.68 Å². The molecule has 0 bridgehead atoms. The summed E-state index contributed by atoms with van der Waals surface area (Å²) in [5.74, 6) is 0. The molecule has 88 valence electrons. The molecule has 1 aliphatic rings. The highest BCUT2D eigenvalue weighted by Crippen LogP contribution is 2.36. The fourth-order valence-corrected chi connectivity index (χ4v) is 2.01. The number of aryl methyl sites for hydroxylation is 1. The molecule has 0 spiro atoms.